The molecule has 0 aliphatic carbocycles. The first-order valence-electron chi connectivity index (χ1n) is 6.05. The number of non-ortho nitro benzene ring substituents is 1. The summed E-state index contributed by atoms with van der Waals surface area (Å²) < 4.78 is 37.9. The van der Waals surface area contributed by atoms with Crippen LogP contribution < -0.4 is 5.32 Å². The van der Waals surface area contributed by atoms with E-state index < -0.39 is 34.4 Å². The van der Waals surface area contributed by atoms with Crippen LogP contribution in [-0.4, -0.2) is 37.9 Å². The lowest BCUT2D eigenvalue weighted by Crippen LogP contribution is -2.31. The molecule has 2 aromatic rings. The number of carbonyl (C=O) groups is 2. The molecule has 0 spiro atoms. The van der Waals surface area contributed by atoms with Gasteiger partial charge in [0.15, 0.2) is 5.82 Å². The number of nitro groups is 1. The minimum absolute atomic E-state index is 0.0191. The second-order valence-corrected chi connectivity index (χ2v) is 4.35. The number of rotatable bonds is 4. The number of amides is 1. The molecule has 2 rings (SSSR count). The number of benzene rings is 1. The van der Waals surface area contributed by atoms with Crippen molar-refractivity contribution in [3.63, 3.8) is 0 Å². The molecule has 1 aromatic heterocycles. The van der Waals surface area contributed by atoms with E-state index >= 15 is 0 Å². The van der Waals surface area contributed by atoms with Gasteiger partial charge in [-0.25, -0.2) is 9.48 Å². The monoisotopic (exact) mass is 344 g/mol. The summed E-state index contributed by atoms with van der Waals surface area (Å²) in [6.07, 6.45) is -4.49. The Morgan fingerprint density at radius 2 is 1.83 bits per heavy atom. The van der Waals surface area contributed by atoms with Crippen molar-refractivity contribution in [1.29, 1.82) is 0 Å². The fourth-order valence-corrected chi connectivity index (χ4v) is 1.71. The Balaban J connectivity index is 2.49. The molecule has 0 radical (unpaired) electrons. The molecule has 1 amide bonds. The zero-order valence-electron chi connectivity index (χ0n) is 11.4. The van der Waals surface area contributed by atoms with Crippen molar-refractivity contribution in [1.82, 2.24) is 9.78 Å². The number of aromatic carboxylic acids is 1. The van der Waals surface area contributed by atoms with Gasteiger partial charge in [-0.2, -0.15) is 18.3 Å². The van der Waals surface area contributed by atoms with Gasteiger partial charge in [-0.3, -0.25) is 14.9 Å². The number of hydrogen-bond donors (Lipinski definition) is 2. The zero-order valence-corrected chi connectivity index (χ0v) is 11.4. The van der Waals surface area contributed by atoms with E-state index in [1.54, 1.807) is 0 Å². The SMILES string of the molecule is O=C(O)c1cnn(-c2ccc([N+](=O)[O-])cc2)c1NC(=O)C(F)(F)F. The number of carboxylic acid groups (broad SMARTS) is 1. The van der Waals surface area contributed by atoms with E-state index in [1.165, 1.54) is 5.32 Å². The highest BCUT2D eigenvalue weighted by Gasteiger charge is 2.40. The summed E-state index contributed by atoms with van der Waals surface area (Å²) in [4.78, 5) is 32.0. The summed E-state index contributed by atoms with van der Waals surface area (Å²) in [5.74, 6) is -4.71. The van der Waals surface area contributed by atoms with E-state index in [1.807, 2.05) is 0 Å². The van der Waals surface area contributed by atoms with Crippen LogP contribution in [0.2, 0.25) is 0 Å². The number of alkyl halides is 3. The van der Waals surface area contributed by atoms with E-state index in [9.17, 15) is 32.9 Å². The molecule has 2 N–H and O–H groups in total. The maximum absolute atomic E-state index is 12.4. The molecule has 0 atom stereocenters. The first-order chi connectivity index (χ1) is 11.1. The third-order valence-corrected chi connectivity index (χ3v) is 2.79. The van der Waals surface area contributed by atoms with Gasteiger partial charge >= 0.3 is 18.1 Å². The Morgan fingerprint density at radius 1 is 1.25 bits per heavy atom. The summed E-state index contributed by atoms with van der Waals surface area (Å²) in [5.41, 5.74) is -0.943. The minimum atomic E-state index is -5.24. The molecule has 0 unspecified atom stereocenters. The lowest BCUT2D eigenvalue weighted by Gasteiger charge is -2.11. The van der Waals surface area contributed by atoms with Crippen molar-refractivity contribution in [2.24, 2.45) is 0 Å². The summed E-state index contributed by atoms with van der Waals surface area (Å²) in [6, 6.07) is 4.37. The highest BCUT2D eigenvalue weighted by Crippen LogP contribution is 2.25. The van der Waals surface area contributed by atoms with Gasteiger partial charge in [-0.1, -0.05) is 0 Å². The smallest absolute Gasteiger partial charge is 0.471 e. The second kappa shape index (κ2) is 5.98. The van der Waals surface area contributed by atoms with Crippen LogP contribution in [0.25, 0.3) is 5.69 Å². The maximum Gasteiger partial charge on any atom is 0.471 e. The van der Waals surface area contributed by atoms with Crippen molar-refractivity contribution in [2.75, 3.05) is 5.32 Å². The predicted octanol–water partition coefficient (Wildman–Crippen LogP) is 1.98. The normalized spacial score (nSPS) is 11.1. The summed E-state index contributed by atoms with van der Waals surface area (Å²) in [5, 5.41) is 24.6. The molecule has 0 fully saturated rings. The number of carbonyl (C=O) groups excluding carboxylic acids is 1. The third kappa shape index (κ3) is 3.31. The molecule has 9 nitrogen and oxygen atoms in total. The van der Waals surface area contributed by atoms with Crippen LogP contribution in [0, 0.1) is 10.1 Å². The van der Waals surface area contributed by atoms with E-state index in [2.05, 4.69) is 5.10 Å². The van der Waals surface area contributed by atoms with E-state index in [-0.39, 0.29) is 11.4 Å². The van der Waals surface area contributed by atoms with Gasteiger partial charge in [-0.15, -0.1) is 0 Å². The number of aromatic nitrogens is 2. The van der Waals surface area contributed by atoms with Crippen LogP contribution in [0.15, 0.2) is 30.5 Å². The zero-order chi connectivity index (χ0) is 18.1. The van der Waals surface area contributed by atoms with E-state index in [4.69, 9.17) is 5.11 Å². The summed E-state index contributed by atoms with van der Waals surface area (Å²) in [7, 11) is 0. The Bertz CT molecular complexity index is 813. The Kier molecular flexibility index (Phi) is 4.22. The van der Waals surface area contributed by atoms with Crippen LogP contribution in [0.1, 0.15) is 10.4 Å². The average Bonchev–Trinajstić information content (AvgIpc) is 2.90. The molecule has 126 valence electrons. The van der Waals surface area contributed by atoms with Gasteiger partial charge < -0.3 is 10.4 Å². The Labute approximate surface area is 130 Å². The number of nitro benzene ring substituents is 1. The largest absolute Gasteiger partial charge is 0.477 e. The summed E-state index contributed by atoms with van der Waals surface area (Å²) >= 11 is 0. The third-order valence-electron chi connectivity index (χ3n) is 2.79. The first-order valence-corrected chi connectivity index (χ1v) is 6.05. The van der Waals surface area contributed by atoms with Crippen molar-refractivity contribution < 1.29 is 32.8 Å². The molecule has 1 heterocycles. The topological polar surface area (TPSA) is 127 Å². The number of nitrogens with one attached hydrogen (secondary N) is 1. The highest BCUT2D eigenvalue weighted by atomic mass is 19.4. The first kappa shape index (κ1) is 16.9. The van der Waals surface area contributed by atoms with Crippen LogP contribution in [-0.2, 0) is 4.79 Å². The van der Waals surface area contributed by atoms with Crippen molar-refractivity contribution in [2.45, 2.75) is 6.18 Å². The molecule has 0 aliphatic heterocycles. The molecule has 1 aromatic carbocycles. The van der Waals surface area contributed by atoms with Gasteiger partial charge in [-0.05, 0) is 12.1 Å². The van der Waals surface area contributed by atoms with Crippen LogP contribution in [0.5, 0.6) is 0 Å². The number of anilines is 1. The van der Waals surface area contributed by atoms with Gasteiger partial charge in [0.25, 0.3) is 5.69 Å². The van der Waals surface area contributed by atoms with Crippen molar-refractivity contribution >= 4 is 23.4 Å². The summed E-state index contributed by atoms with van der Waals surface area (Å²) in [6.45, 7) is 0. The quantitative estimate of drug-likeness (QED) is 0.645. The van der Waals surface area contributed by atoms with Crippen LogP contribution >= 0.6 is 0 Å². The van der Waals surface area contributed by atoms with Gasteiger partial charge in [0.05, 0.1) is 16.8 Å². The second-order valence-electron chi connectivity index (χ2n) is 4.35. The minimum Gasteiger partial charge on any atom is -0.477 e. The number of nitrogens with zero attached hydrogens (tertiary/aromatic N) is 3. The number of carboxylic acids is 1. The van der Waals surface area contributed by atoms with Crippen LogP contribution in [0.4, 0.5) is 24.7 Å². The van der Waals surface area contributed by atoms with Crippen molar-refractivity contribution in [3.05, 3.63) is 46.1 Å². The lowest BCUT2D eigenvalue weighted by molar-refractivity contribution is -0.384. The molecule has 0 bridgehead atoms. The highest BCUT2D eigenvalue weighted by molar-refractivity contribution is 6.01. The standard InChI is InChI=1S/C12H7F3N4O5/c13-12(14,15)11(22)17-9-8(10(20)21)5-16-18(9)6-1-3-7(4-2-6)19(23)24/h1-5H,(H,17,22)(H,20,21). The fraction of sp³-hybridized carbons (Fsp3) is 0.0833. The number of hydrogen-bond acceptors (Lipinski definition) is 5. The molecular weight excluding hydrogens is 337 g/mol. The molecule has 12 heteroatoms. The predicted molar refractivity (Wildman–Crippen MR) is 71.9 cm³/mol. The van der Waals surface area contributed by atoms with Gasteiger partial charge in [0.1, 0.15) is 5.56 Å². The maximum atomic E-state index is 12.4. The molecule has 0 saturated heterocycles. The Morgan fingerprint density at radius 3 is 2.29 bits per heavy atom. The Hall–Kier alpha value is -3.44. The van der Waals surface area contributed by atoms with Crippen molar-refractivity contribution in [3.8, 4) is 5.69 Å². The number of halogens is 3. The van der Waals surface area contributed by atoms with Gasteiger partial charge in [0.2, 0.25) is 0 Å². The van der Waals surface area contributed by atoms with Gasteiger partial charge in [0, 0.05) is 12.1 Å². The van der Waals surface area contributed by atoms with Crippen LogP contribution in [0.3, 0.4) is 0 Å². The lowest BCUT2D eigenvalue weighted by atomic mass is 10.2. The van der Waals surface area contributed by atoms with E-state index in [0.29, 0.717) is 0 Å². The molecule has 0 aliphatic rings. The molecule has 24 heavy (non-hydrogen) atoms. The van der Waals surface area contributed by atoms with E-state index in [0.717, 1.165) is 35.1 Å². The molecular formula is C12H7F3N4O5. The average molecular weight is 344 g/mol. The molecule has 0 saturated carbocycles. The fourth-order valence-electron chi connectivity index (χ4n) is 1.71.